The van der Waals surface area contributed by atoms with Gasteiger partial charge in [-0.1, -0.05) is 55.3 Å². The van der Waals surface area contributed by atoms with Gasteiger partial charge in [0, 0.05) is 11.1 Å². The lowest BCUT2D eigenvalue weighted by atomic mass is 10.2. The second-order valence-corrected chi connectivity index (χ2v) is 6.73. The van der Waals surface area contributed by atoms with Crippen LogP contribution in [0.25, 0.3) is 5.69 Å². The third-order valence-electron chi connectivity index (χ3n) is 4.03. The number of unbranched alkanes of at least 4 members (excludes halogenated alkanes) is 1. The summed E-state index contributed by atoms with van der Waals surface area (Å²) in [6.07, 6.45) is 2.74. The summed E-state index contributed by atoms with van der Waals surface area (Å²) in [4.78, 5) is 16.1. The van der Waals surface area contributed by atoms with Crippen LogP contribution in [-0.4, -0.2) is 22.5 Å². The van der Waals surface area contributed by atoms with E-state index in [0.29, 0.717) is 22.9 Å². The summed E-state index contributed by atoms with van der Waals surface area (Å²) in [6, 6.07) is 18.4. The number of para-hydroxylation sites is 1. The van der Waals surface area contributed by atoms with Gasteiger partial charge in [0.2, 0.25) is 5.88 Å². The zero-order chi connectivity index (χ0) is 20.5. The largest absolute Gasteiger partial charge is 0.478 e. The number of rotatable bonds is 7. The quantitative estimate of drug-likeness (QED) is 0.516. The normalized spacial score (nSPS) is 11.3. The Hall–Kier alpha value is -3.12. The van der Waals surface area contributed by atoms with E-state index in [4.69, 9.17) is 21.1 Å². The molecule has 1 aromatic heterocycles. The third kappa shape index (κ3) is 6.19. The van der Waals surface area contributed by atoms with Crippen molar-refractivity contribution in [2.75, 3.05) is 6.61 Å². The minimum Gasteiger partial charge on any atom is -0.478 e. The van der Waals surface area contributed by atoms with Crippen LogP contribution < -0.4 is 10.1 Å². The molecule has 0 radical (unpaired) electrons. The van der Waals surface area contributed by atoms with E-state index in [9.17, 15) is 4.79 Å². The molecule has 0 N–H and O–H groups in total. The number of hydrogen-bond donors (Lipinski definition) is 0. The molecule has 0 saturated heterocycles. The van der Waals surface area contributed by atoms with Crippen LogP contribution in [0.2, 0.25) is 5.02 Å². The molecule has 0 saturated carbocycles. The molecule has 0 aliphatic carbocycles. The first-order valence-corrected chi connectivity index (χ1v) is 9.77. The molecule has 0 bridgehead atoms. The van der Waals surface area contributed by atoms with Gasteiger partial charge in [-0.25, -0.2) is 9.48 Å². The average molecular weight is 412 g/mol. The molecule has 7 heteroatoms. The molecule has 0 atom stereocenters. The summed E-state index contributed by atoms with van der Waals surface area (Å²) >= 11 is 5.85. The molecule has 1 amide bonds. The van der Waals surface area contributed by atoms with E-state index in [1.165, 1.54) is 6.20 Å². The minimum atomic E-state index is -0.696. The Kier molecular flexibility index (Phi) is 7.41. The molecule has 29 heavy (non-hydrogen) atoms. The average Bonchev–Trinajstić information content (AvgIpc) is 2.74. The number of carbonyl (C=O) groups excluding carboxylic acids is 1. The Balaban J connectivity index is 1.77. The van der Waals surface area contributed by atoms with Crippen LogP contribution >= 0.6 is 11.6 Å². The molecule has 150 valence electrons. The summed E-state index contributed by atoms with van der Waals surface area (Å²) < 4.78 is 12.7. The monoisotopic (exact) mass is 411 g/mol. The number of benzene rings is 2. The number of carbonyl (C=O) groups is 1. The van der Waals surface area contributed by atoms with Gasteiger partial charge in [0.15, 0.2) is 0 Å². The van der Waals surface area contributed by atoms with Crippen LogP contribution in [0, 0.1) is 0 Å². The lowest BCUT2D eigenvalue weighted by molar-refractivity contribution is 0.150. The predicted octanol–water partition coefficient (Wildman–Crippen LogP) is 4.94. The van der Waals surface area contributed by atoms with Crippen molar-refractivity contribution in [3.8, 4) is 11.6 Å². The van der Waals surface area contributed by atoms with Crippen molar-refractivity contribution in [2.24, 2.45) is 4.99 Å². The van der Waals surface area contributed by atoms with Gasteiger partial charge in [-0.2, -0.15) is 10.1 Å². The van der Waals surface area contributed by atoms with Crippen molar-refractivity contribution < 1.29 is 14.3 Å². The molecule has 0 aliphatic heterocycles. The topological polar surface area (TPSA) is 65.7 Å². The van der Waals surface area contributed by atoms with Crippen molar-refractivity contribution in [1.29, 1.82) is 0 Å². The minimum absolute atomic E-state index is 0.115. The molecule has 6 nitrogen and oxygen atoms in total. The van der Waals surface area contributed by atoms with Gasteiger partial charge in [-0.15, -0.1) is 0 Å². The van der Waals surface area contributed by atoms with E-state index in [0.717, 1.165) is 24.1 Å². The molecule has 3 aromatic rings. The molecular weight excluding hydrogens is 390 g/mol. The van der Waals surface area contributed by atoms with Gasteiger partial charge in [0.05, 0.1) is 23.8 Å². The maximum absolute atomic E-state index is 12.1. The van der Waals surface area contributed by atoms with Crippen LogP contribution in [0.4, 0.5) is 4.79 Å². The summed E-state index contributed by atoms with van der Waals surface area (Å²) in [5.74, 6) is 0.511. The van der Waals surface area contributed by atoms with E-state index in [-0.39, 0.29) is 6.61 Å². The SMILES string of the molecule is CCCCOc1cc(=NC(=O)OCc2ccc(Cl)cc2)cnn1-c1ccccc1. The van der Waals surface area contributed by atoms with Gasteiger partial charge >= 0.3 is 6.09 Å². The highest BCUT2D eigenvalue weighted by atomic mass is 35.5. The highest BCUT2D eigenvalue weighted by Crippen LogP contribution is 2.15. The number of aromatic nitrogens is 2. The maximum atomic E-state index is 12.1. The smallest absolute Gasteiger partial charge is 0.434 e. The van der Waals surface area contributed by atoms with Crippen molar-refractivity contribution in [1.82, 2.24) is 9.78 Å². The van der Waals surface area contributed by atoms with E-state index in [1.807, 2.05) is 30.3 Å². The lowest BCUT2D eigenvalue weighted by Crippen LogP contribution is -2.16. The van der Waals surface area contributed by atoms with E-state index < -0.39 is 6.09 Å². The third-order valence-corrected chi connectivity index (χ3v) is 4.28. The van der Waals surface area contributed by atoms with Crippen LogP contribution in [0.1, 0.15) is 25.3 Å². The molecule has 0 spiro atoms. The zero-order valence-corrected chi connectivity index (χ0v) is 16.9. The van der Waals surface area contributed by atoms with Crippen molar-refractivity contribution in [3.63, 3.8) is 0 Å². The number of amides is 1. The number of nitrogens with zero attached hydrogens (tertiary/aromatic N) is 3. The predicted molar refractivity (Wildman–Crippen MR) is 111 cm³/mol. The second-order valence-electron chi connectivity index (χ2n) is 6.29. The van der Waals surface area contributed by atoms with Crippen LogP contribution in [0.15, 0.2) is 71.9 Å². The van der Waals surface area contributed by atoms with Crippen molar-refractivity contribution in [3.05, 3.63) is 82.8 Å². The molecule has 0 unspecified atom stereocenters. The van der Waals surface area contributed by atoms with Crippen LogP contribution in [-0.2, 0) is 11.3 Å². The summed E-state index contributed by atoms with van der Waals surface area (Å²) in [5, 5.41) is 5.38. The molecule has 2 aromatic carbocycles. The van der Waals surface area contributed by atoms with Gasteiger partial charge in [-0.3, -0.25) is 0 Å². The summed E-state index contributed by atoms with van der Waals surface area (Å²) in [6.45, 7) is 2.76. The van der Waals surface area contributed by atoms with Crippen molar-refractivity contribution >= 4 is 17.7 Å². The summed E-state index contributed by atoms with van der Waals surface area (Å²) in [7, 11) is 0. The van der Waals surface area contributed by atoms with Gasteiger partial charge < -0.3 is 9.47 Å². The van der Waals surface area contributed by atoms with Crippen LogP contribution in [0.5, 0.6) is 5.88 Å². The number of halogens is 1. The van der Waals surface area contributed by atoms with Crippen molar-refractivity contribution in [2.45, 2.75) is 26.4 Å². The Bertz CT molecular complexity index is 1000. The molecular formula is C22H22ClN3O3. The lowest BCUT2D eigenvalue weighted by Gasteiger charge is -2.13. The second kappa shape index (κ2) is 10.4. The first-order valence-electron chi connectivity index (χ1n) is 9.39. The summed E-state index contributed by atoms with van der Waals surface area (Å²) in [5.41, 5.74) is 1.69. The van der Waals surface area contributed by atoms with Gasteiger partial charge in [0.1, 0.15) is 6.61 Å². The molecule has 3 rings (SSSR count). The number of hydrogen-bond acceptors (Lipinski definition) is 4. The zero-order valence-electron chi connectivity index (χ0n) is 16.1. The van der Waals surface area contributed by atoms with Gasteiger partial charge in [-0.05, 0) is 36.2 Å². The van der Waals surface area contributed by atoms with E-state index in [1.54, 1.807) is 35.0 Å². The molecule has 0 fully saturated rings. The highest BCUT2D eigenvalue weighted by molar-refractivity contribution is 6.30. The standard InChI is InChI=1S/C22H22ClN3O3/c1-2-3-13-28-21-14-19(15-24-26(21)20-7-5-4-6-8-20)25-22(27)29-16-17-9-11-18(23)12-10-17/h4-12,14-15H,2-3,13,16H2,1H3. The highest BCUT2D eigenvalue weighted by Gasteiger charge is 2.07. The fourth-order valence-electron chi connectivity index (χ4n) is 2.51. The Morgan fingerprint density at radius 2 is 1.90 bits per heavy atom. The Morgan fingerprint density at radius 1 is 1.14 bits per heavy atom. The maximum Gasteiger partial charge on any atom is 0.434 e. The molecule has 0 aliphatic rings. The van der Waals surface area contributed by atoms with E-state index in [2.05, 4.69) is 17.0 Å². The molecule has 1 heterocycles. The van der Waals surface area contributed by atoms with Crippen LogP contribution in [0.3, 0.4) is 0 Å². The first-order chi connectivity index (χ1) is 14.2. The first kappa shape index (κ1) is 20.6. The Labute approximate surface area is 174 Å². The number of ether oxygens (including phenoxy) is 2. The van der Waals surface area contributed by atoms with E-state index >= 15 is 0 Å². The fraction of sp³-hybridized carbons (Fsp3) is 0.227. The Morgan fingerprint density at radius 3 is 2.62 bits per heavy atom. The fourth-order valence-corrected chi connectivity index (χ4v) is 2.64. The van der Waals surface area contributed by atoms with Gasteiger partial charge in [0.25, 0.3) is 0 Å².